The molecule has 1 aromatic carbocycles. The monoisotopic (exact) mass is 238 g/mol. The van der Waals surface area contributed by atoms with Crippen LogP contribution in [0.5, 0.6) is 0 Å². The molecule has 0 aliphatic heterocycles. The van der Waals surface area contributed by atoms with Gasteiger partial charge in [-0.3, -0.25) is 10.1 Å². The number of nitrogens with one attached hydrogen (secondary N) is 1. The van der Waals surface area contributed by atoms with Gasteiger partial charge in [0.25, 0.3) is 5.69 Å². The predicted octanol–water partition coefficient (Wildman–Crippen LogP) is 1.85. The number of non-ortho nitro benzene ring substituents is 1. The van der Waals surface area contributed by atoms with Gasteiger partial charge in [-0.1, -0.05) is 25.5 Å². The highest BCUT2D eigenvalue weighted by Crippen LogP contribution is 2.11. The fourth-order valence-electron chi connectivity index (χ4n) is 1.55. The van der Waals surface area contributed by atoms with Crippen molar-refractivity contribution < 1.29 is 10.0 Å². The van der Waals surface area contributed by atoms with Gasteiger partial charge in [0.15, 0.2) is 0 Å². The Morgan fingerprint density at radius 1 is 1.41 bits per heavy atom. The highest BCUT2D eigenvalue weighted by atomic mass is 16.6. The molecule has 1 unspecified atom stereocenters. The summed E-state index contributed by atoms with van der Waals surface area (Å²) in [6.45, 7) is 3.18. The fourth-order valence-corrected chi connectivity index (χ4v) is 1.55. The smallest absolute Gasteiger partial charge is 0.269 e. The molecule has 0 spiro atoms. The van der Waals surface area contributed by atoms with Gasteiger partial charge >= 0.3 is 0 Å². The highest BCUT2D eigenvalue weighted by Gasteiger charge is 2.04. The first kappa shape index (κ1) is 13.6. The van der Waals surface area contributed by atoms with E-state index >= 15 is 0 Å². The van der Waals surface area contributed by atoms with Crippen molar-refractivity contribution in [2.75, 3.05) is 6.54 Å². The van der Waals surface area contributed by atoms with Crippen LogP contribution in [0.3, 0.4) is 0 Å². The van der Waals surface area contributed by atoms with E-state index in [1.54, 1.807) is 12.1 Å². The Hall–Kier alpha value is -1.46. The number of hydrogen-bond acceptors (Lipinski definition) is 4. The summed E-state index contributed by atoms with van der Waals surface area (Å²) in [5.41, 5.74) is 1.07. The lowest BCUT2D eigenvalue weighted by atomic mass is 10.2. The Bertz CT molecular complexity index is 351. The summed E-state index contributed by atoms with van der Waals surface area (Å²) < 4.78 is 0. The van der Waals surface area contributed by atoms with Crippen LogP contribution in [0.4, 0.5) is 5.69 Å². The second-order valence-corrected chi connectivity index (χ2v) is 4.00. The molecule has 0 bridgehead atoms. The van der Waals surface area contributed by atoms with E-state index in [0.29, 0.717) is 13.1 Å². The Kier molecular flexibility index (Phi) is 5.59. The van der Waals surface area contributed by atoms with Gasteiger partial charge in [-0.05, 0) is 12.0 Å². The zero-order chi connectivity index (χ0) is 12.7. The van der Waals surface area contributed by atoms with E-state index in [4.69, 9.17) is 0 Å². The number of benzene rings is 1. The van der Waals surface area contributed by atoms with Crippen LogP contribution < -0.4 is 5.32 Å². The van der Waals surface area contributed by atoms with E-state index in [1.165, 1.54) is 12.1 Å². The first-order chi connectivity index (χ1) is 8.13. The largest absolute Gasteiger partial charge is 0.392 e. The molecule has 0 fully saturated rings. The minimum Gasteiger partial charge on any atom is -0.392 e. The zero-order valence-electron chi connectivity index (χ0n) is 9.93. The lowest BCUT2D eigenvalue weighted by Crippen LogP contribution is -2.26. The molecule has 0 aromatic heterocycles. The molecule has 1 atom stereocenters. The van der Waals surface area contributed by atoms with Crippen LogP contribution in [-0.2, 0) is 6.54 Å². The van der Waals surface area contributed by atoms with E-state index in [1.807, 2.05) is 6.92 Å². The summed E-state index contributed by atoms with van der Waals surface area (Å²) in [7, 11) is 0. The van der Waals surface area contributed by atoms with Crippen LogP contribution >= 0.6 is 0 Å². The minimum absolute atomic E-state index is 0.0970. The third kappa shape index (κ3) is 4.93. The lowest BCUT2D eigenvalue weighted by Gasteiger charge is -2.10. The maximum absolute atomic E-state index is 10.4. The number of aliphatic hydroxyl groups excluding tert-OH is 1. The molecule has 0 saturated carbocycles. The normalized spacial score (nSPS) is 12.4. The van der Waals surface area contributed by atoms with Gasteiger partial charge in [0, 0.05) is 25.2 Å². The maximum atomic E-state index is 10.4. The Labute approximate surface area is 101 Å². The molecule has 5 heteroatoms. The molecule has 0 aliphatic carbocycles. The standard InChI is InChI=1S/C12H18N2O3/c1-2-3-12(15)9-13-8-10-4-6-11(7-5-10)14(16)17/h4-7,12-13,15H,2-3,8-9H2,1H3. The van der Waals surface area contributed by atoms with Gasteiger partial charge in [0.1, 0.15) is 0 Å². The summed E-state index contributed by atoms with van der Waals surface area (Å²) in [4.78, 5) is 10.0. The van der Waals surface area contributed by atoms with Crippen LogP contribution in [0, 0.1) is 10.1 Å². The minimum atomic E-state index is -0.414. The SMILES string of the molecule is CCCC(O)CNCc1ccc([N+](=O)[O-])cc1. The van der Waals surface area contributed by atoms with Crippen molar-refractivity contribution >= 4 is 5.69 Å². The molecule has 2 N–H and O–H groups in total. The van der Waals surface area contributed by atoms with E-state index in [9.17, 15) is 15.2 Å². The first-order valence-electron chi connectivity index (χ1n) is 5.75. The molecule has 94 valence electrons. The molecule has 0 saturated heterocycles. The summed E-state index contributed by atoms with van der Waals surface area (Å²) in [5.74, 6) is 0. The van der Waals surface area contributed by atoms with E-state index in [-0.39, 0.29) is 11.8 Å². The number of rotatable bonds is 7. The first-order valence-corrected chi connectivity index (χ1v) is 5.75. The Balaban J connectivity index is 2.34. The van der Waals surface area contributed by atoms with Crippen molar-refractivity contribution in [2.45, 2.75) is 32.4 Å². The number of nitro groups is 1. The average molecular weight is 238 g/mol. The molecule has 1 aromatic rings. The molecule has 17 heavy (non-hydrogen) atoms. The molecule has 0 heterocycles. The summed E-state index contributed by atoms with van der Waals surface area (Å²) in [6, 6.07) is 6.41. The number of nitro benzene ring substituents is 1. The van der Waals surface area contributed by atoms with Crippen molar-refractivity contribution in [1.82, 2.24) is 5.32 Å². The van der Waals surface area contributed by atoms with Crippen molar-refractivity contribution in [3.8, 4) is 0 Å². The summed E-state index contributed by atoms with van der Waals surface area (Å²) >= 11 is 0. The van der Waals surface area contributed by atoms with Gasteiger partial charge in [0.2, 0.25) is 0 Å². The predicted molar refractivity (Wildman–Crippen MR) is 65.7 cm³/mol. The highest BCUT2D eigenvalue weighted by molar-refractivity contribution is 5.32. The number of nitrogens with zero attached hydrogens (tertiary/aromatic N) is 1. The van der Waals surface area contributed by atoms with Crippen LogP contribution in [-0.4, -0.2) is 22.7 Å². The molecule has 0 radical (unpaired) electrons. The quantitative estimate of drug-likeness (QED) is 0.561. The van der Waals surface area contributed by atoms with Gasteiger partial charge in [-0.2, -0.15) is 0 Å². The van der Waals surface area contributed by atoms with Crippen molar-refractivity contribution in [2.24, 2.45) is 0 Å². The van der Waals surface area contributed by atoms with Crippen LogP contribution in [0.2, 0.25) is 0 Å². The topological polar surface area (TPSA) is 75.4 Å². The third-order valence-corrected chi connectivity index (χ3v) is 2.48. The molecular formula is C12H18N2O3. The zero-order valence-corrected chi connectivity index (χ0v) is 9.93. The maximum Gasteiger partial charge on any atom is 0.269 e. The van der Waals surface area contributed by atoms with E-state index in [2.05, 4.69) is 5.32 Å². The van der Waals surface area contributed by atoms with Crippen molar-refractivity contribution in [3.63, 3.8) is 0 Å². The van der Waals surface area contributed by atoms with E-state index < -0.39 is 4.92 Å². The van der Waals surface area contributed by atoms with Gasteiger partial charge in [-0.25, -0.2) is 0 Å². The van der Waals surface area contributed by atoms with Crippen LogP contribution in [0.1, 0.15) is 25.3 Å². The molecule has 0 amide bonds. The van der Waals surface area contributed by atoms with Crippen LogP contribution in [0.15, 0.2) is 24.3 Å². The summed E-state index contributed by atoms with van der Waals surface area (Å²) in [6.07, 6.45) is 1.42. The second kappa shape index (κ2) is 6.98. The van der Waals surface area contributed by atoms with Gasteiger partial charge in [-0.15, -0.1) is 0 Å². The second-order valence-electron chi connectivity index (χ2n) is 4.00. The van der Waals surface area contributed by atoms with Gasteiger partial charge in [0.05, 0.1) is 11.0 Å². The third-order valence-electron chi connectivity index (χ3n) is 2.48. The molecule has 5 nitrogen and oxygen atoms in total. The average Bonchev–Trinajstić information content (AvgIpc) is 2.30. The number of aliphatic hydroxyl groups is 1. The number of hydrogen-bond donors (Lipinski definition) is 2. The Morgan fingerprint density at radius 2 is 2.06 bits per heavy atom. The van der Waals surface area contributed by atoms with Crippen LogP contribution in [0.25, 0.3) is 0 Å². The lowest BCUT2D eigenvalue weighted by molar-refractivity contribution is -0.384. The van der Waals surface area contributed by atoms with Crippen molar-refractivity contribution in [3.05, 3.63) is 39.9 Å². The molecule has 1 rings (SSSR count). The fraction of sp³-hybridized carbons (Fsp3) is 0.500. The Morgan fingerprint density at radius 3 is 2.59 bits per heavy atom. The summed E-state index contributed by atoms with van der Waals surface area (Å²) in [5, 5.41) is 23.1. The van der Waals surface area contributed by atoms with E-state index in [0.717, 1.165) is 18.4 Å². The molecular weight excluding hydrogens is 220 g/mol. The van der Waals surface area contributed by atoms with Gasteiger partial charge < -0.3 is 10.4 Å². The molecule has 0 aliphatic rings. The van der Waals surface area contributed by atoms with Crippen molar-refractivity contribution in [1.29, 1.82) is 0 Å².